The highest BCUT2D eigenvalue weighted by Crippen LogP contribution is 2.32. The van der Waals surface area contributed by atoms with Crippen LogP contribution in [-0.2, 0) is 6.18 Å². The lowest BCUT2D eigenvalue weighted by molar-refractivity contribution is -0.140. The second-order valence-corrected chi connectivity index (χ2v) is 3.93. The van der Waals surface area contributed by atoms with Crippen LogP contribution in [0.15, 0.2) is 18.2 Å². The number of aliphatic hydroxyl groups excluding tert-OH is 1. The first-order chi connectivity index (χ1) is 8.81. The molecule has 0 aliphatic heterocycles. The van der Waals surface area contributed by atoms with E-state index in [1.807, 2.05) is 0 Å². The summed E-state index contributed by atoms with van der Waals surface area (Å²) in [7, 11) is 0. The molecule has 1 rings (SSSR count). The molecule has 0 aromatic heterocycles. The third-order valence-corrected chi connectivity index (χ3v) is 2.60. The van der Waals surface area contributed by atoms with Crippen LogP contribution in [0.5, 0.6) is 0 Å². The van der Waals surface area contributed by atoms with E-state index < -0.39 is 35.1 Å². The monoisotopic (exact) mass is 279 g/mol. The second-order valence-electron chi connectivity index (χ2n) is 3.93. The number of hydrogen-bond donors (Lipinski definition) is 2. The number of halogens is 4. The van der Waals surface area contributed by atoms with Crippen molar-refractivity contribution < 1.29 is 27.5 Å². The molecule has 1 atom stereocenters. The van der Waals surface area contributed by atoms with Gasteiger partial charge in [0.1, 0.15) is 5.82 Å². The second kappa shape index (κ2) is 6.01. The van der Waals surface area contributed by atoms with Crippen molar-refractivity contribution in [3.05, 3.63) is 35.1 Å². The van der Waals surface area contributed by atoms with Gasteiger partial charge in [0.25, 0.3) is 5.91 Å². The van der Waals surface area contributed by atoms with E-state index in [4.69, 9.17) is 5.11 Å². The Morgan fingerprint density at radius 3 is 2.53 bits per heavy atom. The minimum atomic E-state index is -4.86. The molecule has 0 radical (unpaired) electrons. The van der Waals surface area contributed by atoms with Crippen LogP contribution < -0.4 is 5.32 Å². The Morgan fingerprint density at radius 2 is 2.05 bits per heavy atom. The smallest absolute Gasteiger partial charge is 0.394 e. The number of hydrogen-bond acceptors (Lipinski definition) is 2. The van der Waals surface area contributed by atoms with Crippen molar-refractivity contribution in [1.29, 1.82) is 0 Å². The molecule has 0 aliphatic carbocycles. The summed E-state index contributed by atoms with van der Waals surface area (Å²) < 4.78 is 51.1. The fourth-order valence-corrected chi connectivity index (χ4v) is 1.47. The van der Waals surface area contributed by atoms with Crippen molar-refractivity contribution in [2.24, 2.45) is 0 Å². The number of aliphatic hydroxyl groups is 1. The maximum absolute atomic E-state index is 13.6. The van der Waals surface area contributed by atoms with Gasteiger partial charge in [-0.15, -0.1) is 0 Å². The summed E-state index contributed by atoms with van der Waals surface area (Å²) in [6.45, 7) is 1.30. The quantitative estimate of drug-likeness (QED) is 0.831. The molecule has 0 bridgehead atoms. The highest BCUT2D eigenvalue weighted by molar-refractivity contribution is 5.94. The number of amides is 1. The van der Waals surface area contributed by atoms with Crippen molar-refractivity contribution in [1.82, 2.24) is 5.32 Å². The van der Waals surface area contributed by atoms with Gasteiger partial charge in [-0.25, -0.2) is 4.39 Å². The highest BCUT2D eigenvalue weighted by Gasteiger charge is 2.35. The standard InChI is InChI=1S/C12H13F4NO2/c1-2-7(6-18)17-11(19)8-4-3-5-9(10(8)13)12(14,15)16/h3-5,7,18H,2,6H2,1H3,(H,17,19)/t7-/m0/s1. The van der Waals surface area contributed by atoms with Crippen LogP contribution in [0.2, 0.25) is 0 Å². The molecule has 1 aromatic carbocycles. The van der Waals surface area contributed by atoms with E-state index in [0.717, 1.165) is 12.1 Å². The molecule has 106 valence electrons. The molecule has 2 N–H and O–H groups in total. The van der Waals surface area contributed by atoms with Gasteiger partial charge in [-0.2, -0.15) is 13.2 Å². The Kier molecular flexibility index (Phi) is 4.88. The number of alkyl halides is 3. The molecule has 0 saturated carbocycles. The van der Waals surface area contributed by atoms with Gasteiger partial charge in [-0.05, 0) is 18.6 Å². The van der Waals surface area contributed by atoms with Gasteiger partial charge in [-0.1, -0.05) is 13.0 Å². The number of rotatable bonds is 4. The van der Waals surface area contributed by atoms with E-state index in [1.54, 1.807) is 6.92 Å². The van der Waals surface area contributed by atoms with E-state index in [1.165, 1.54) is 0 Å². The van der Waals surface area contributed by atoms with Crippen LogP contribution in [0.3, 0.4) is 0 Å². The average Bonchev–Trinajstić information content (AvgIpc) is 2.34. The highest BCUT2D eigenvalue weighted by atomic mass is 19.4. The fraction of sp³-hybridized carbons (Fsp3) is 0.417. The summed E-state index contributed by atoms with van der Waals surface area (Å²) >= 11 is 0. The molecule has 0 heterocycles. The van der Waals surface area contributed by atoms with Crippen molar-refractivity contribution in [2.45, 2.75) is 25.6 Å². The van der Waals surface area contributed by atoms with Crippen molar-refractivity contribution in [2.75, 3.05) is 6.61 Å². The predicted octanol–water partition coefficient (Wildman–Crippen LogP) is 2.35. The molecule has 1 amide bonds. The largest absolute Gasteiger partial charge is 0.419 e. The molecule has 0 spiro atoms. The molecule has 0 fully saturated rings. The zero-order valence-electron chi connectivity index (χ0n) is 10.1. The summed E-state index contributed by atoms with van der Waals surface area (Å²) in [4.78, 5) is 11.6. The van der Waals surface area contributed by atoms with Crippen molar-refractivity contribution >= 4 is 5.91 Å². The minimum Gasteiger partial charge on any atom is -0.394 e. The summed E-state index contributed by atoms with van der Waals surface area (Å²) in [5, 5.41) is 11.1. The maximum Gasteiger partial charge on any atom is 0.419 e. The van der Waals surface area contributed by atoms with E-state index in [0.29, 0.717) is 12.5 Å². The summed E-state index contributed by atoms with van der Waals surface area (Å²) in [6.07, 6.45) is -4.48. The van der Waals surface area contributed by atoms with Gasteiger partial charge in [0.15, 0.2) is 0 Å². The lowest BCUT2D eigenvalue weighted by atomic mass is 10.1. The Hall–Kier alpha value is -1.63. The first-order valence-electron chi connectivity index (χ1n) is 5.58. The zero-order chi connectivity index (χ0) is 14.6. The Labute approximate surface area is 107 Å². The lowest BCUT2D eigenvalue weighted by Gasteiger charge is -2.15. The average molecular weight is 279 g/mol. The number of nitrogens with one attached hydrogen (secondary N) is 1. The van der Waals surface area contributed by atoms with Gasteiger partial charge in [-0.3, -0.25) is 4.79 Å². The predicted molar refractivity (Wildman–Crippen MR) is 60.0 cm³/mol. The molecule has 19 heavy (non-hydrogen) atoms. The molecule has 3 nitrogen and oxygen atoms in total. The molecule has 0 aliphatic rings. The van der Waals surface area contributed by atoms with E-state index in [9.17, 15) is 22.4 Å². The third-order valence-electron chi connectivity index (χ3n) is 2.60. The first-order valence-corrected chi connectivity index (χ1v) is 5.58. The number of carbonyl (C=O) groups excluding carboxylic acids is 1. The van der Waals surface area contributed by atoms with Crippen LogP contribution in [0, 0.1) is 5.82 Å². The van der Waals surface area contributed by atoms with Crippen molar-refractivity contribution in [3.63, 3.8) is 0 Å². The third kappa shape index (κ3) is 3.66. The molecule has 0 saturated heterocycles. The lowest BCUT2D eigenvalue weighted by Crippen LogP contribution is -2.37. The van der Waals surface area contributed by atoms with Gasteiger partial charge < -0.3 is 10.4 Å². The molecular formula is C12H13F4NO2. The van der Waals surface area contributed by atoms with Crippen LogP contribution in [0.25, 0.3) is 0 Å². The topological polar surface area (TPSA) is 49.3 Å². The zero-order valence-corrected chi connectivity index (χ0v) is 10.1. The maximum atomic E-state index is 13.6. The van der Waals surface area contributed by atoms with Crippen LogP contribution in [0.1, 0.15) is 29.3 Å². The SMILES string of the molecule is CC[C@@H](CO)NC(=O)c1cccc(C(F)(F)F)c1F. The molecule has 7 heteroatoms. The van der Waals surface area contributed by atoms with Crippen molar-refractivity contribution in [3.8, 4) is 0 Å². The number of carbonyl (C=O) groups is 1. The summed E-state index contributed by atoms with van der Waals surface area (Å²) in [6, 6.07) is 1.86. The Morgan fingerprint density at radius 1 is 1.42 bits per heavy atom. The Bertz CT molecular complexity index is 456. The van der Waals surface area contributed by atoms with Gasteiger partial charge in [0.05, 0.1) is 23.8 Å². The van der Waals surface area contributed by atoms with E-state index >= 15 is 0 Å². The van der Waals surface area contributed by atoms with Crippen LogP contribution in [-0.4, -0.2) is 23.7 Å². The number of benzene rings is 1. The molecule has 1 aromatic rings. The minimum absolute atomic E-state index is 0.372. The summed E-state index contributed by atoms with van der Waals surface area (Å²) in [5.74, 6) is -2.59. The van der Waals surface area contributed by atoms with Crippen LogP contribution in [0.4, 0.5) is 17.6 Å². The normalized spacial score (nSPS) is 13.2. The first kappa shape index (κ1) is 15.4. The van der Waals surface area contributed by atoms with Crippen LogP contribution >= 0.6 is 0 Å². The molecular weight excluding hydrogens is 266 g/mol. The van der Waals surface area contributed by atoms with Gasteiger partial charge in [0, 0.05) is 0 Å². The van der Waals surface area contributed by atoms with Gasteiger partial charge in [0.2, 0.25) is 0 Å². The molecule has 0 unspecified atom stereocenters. The Balaban J connectivity index is 3.05. The van der Waals surface area contributed by atoms with E-state index in [2.05, 4.69) is 5.32 Å². The van der Waals surface area contributed by atoms with E-state index in [-0.39, 0.29) is 6.61 Å². The van der Waals surface area contributed by atoms with Gasteiger partial charge >= 0.3 is 6.18 Å². The fourth-order valence-electron chi connectivity index (χ4n) is 1.47. The summed E-state index contributed by atoms with van der Waals surface area (Å²) in [5.41, 5.74) is -2.18.